The summed E-state index contributed by atoms with van der Waals surface area (Å²) in [4.78, 5) is 0. The van der Waals surface area contributed by atoms with Crippen LogP contribution in [0.5, 0.6) is 0 Å². The number of allylic oxidation sites excluding steroid dienone is 2. The van der Waals surface area contributed by atoms with E-state index in [1.165, 1.54) is 12.8 Å². The third kappa shape index (κ3) is 0.677. The van der Waals surface area contributed by atoms with Crippen LogP contribution in [-0.2, 0) is 0 Å². The van der Waals surface area contributed by atoms with Crippen molar-refractivity contribution in [1.82, 2.24) is 0 Å². The molecule has 4 bridgehead atoms. The maximum absolute atomic E-state index is 2.61. The molecule has 0 amide bonds. The van der Waals surface area contributed by atoms with Gasteiger partial charge in [-0.05, 0) is 67.1 Å². The summed E-state index contributed by atoms with van der Waals surface area (Å²) in [6.45, 7) is 2.42. The number of hydrogen-bond acceptors (Lipinski definition) is 0. The molecule has 76 valence electrons. The third-order valence-corrected chi connectivity index (χ3v) is 6.09. The third-order valence-electron chi connectivity index (χ3n) is 6.09. The summed E-state index contributed by atoms with van der Waals surface area (Å²) in [5, 5.41) is 0. The van der Waals surface area contributed by atoms with E-state index in [1.807, 2.05) is 0 Å². The Hall–Kier alpha value is -0.260. The van der Waals surface area contributed by atoms with E-state index < -0.39 is 0 Å². The Morgan fingerprint density at radius 3 is 3.00 bits per heavy atom. The van der Waals surface area contributed by atoms with Gasteiger partial charge in [0.15, 0.2) is 0 Å². The molecular formula is C14H20. The molecule has 0 saturated heterocycles. The highest BCUT2D eigenvalue weighted by atomic mass is 14.7. The summed E-state index contributed by atoms with van der Waals surface area (Å²) in [6, 6.07) is 0. The first-order valence-electron chi connectivity index (χ1n) is 6.53. The van der Waals surface area contributed by atoms with E-state index in [0.29, 0.717) is 5.41 Å². The van der Waals surface area contributed by atoms with Crippen LogP contribution in [0.25, 0.3) is 0 Å². The fraction of sp³-hybridized carbons (Fsp3) is 0.857. The van der Waals surface area contributed by atoms with Crippen LogP contribution >= 0.6 is 0 Å². The molecule has 0 nitrogen and oxygen atoms in total. The first-order valence-corrected chi connectivity index (χ1v) is 6.53. The number of fused-ring (bicyclic) bond motifs is 9. The molecule has 0 N–H and O–H groups in total. The van der Waals surface area contributed by atoms with Crippen molar-refractivity contribution in [2.24, 2.45) is 35.0 Å². The highest BCUT2D eigenvalue weighted by Gasteiger charge is 2.63. The number of hydrogen-bond donors (Lipinski definition) is 0. The zero-order valence-electron chi connectivity index (χ0n) is 9.08. The second-order valence-corrected chi connectivity index (χ2v) is 6.25. The summed E-state index contributed by atoms with van der Waals surface area (Å²) in [6.07, 6.45) is 12.8. The van der Waals surface area contributed by atoms with Gasteiger partial charge < -0.3 is 0 Å². The molecule has 0 heterocycles. The zero-order valence-corrected chi connectivity index (χ0v) is 9.08. The van der Waals surface area contributed by atoms with Gasteiger partial charge >= 0.3 is 0 Å². The topological polar surface area (TPSA) is 0 Å². The van der Waals surface area contributed by atoms with E-state index in [0.717, 1.165) is 29.6 Å². The Kier molecular flexibility index (Phi) is 1.30. The molecule has 6 atom stereocenters. The Balaban J connectivity index is 1.82. The van der Waals surface area contributed by atoms with Crippen LogP contribution in [0.15, 0.2) is 12.2 Å². The lowest BCUT2D eigenvalue weighted by Crippen LogP contribution is -2.32. The van der Waals surface area contributed by atoms with Crippen molar-refractivity contribution in [3.05, 3.63) is 12.2 Å². The quantitative estimate of drug-likeness (QED) is 0.435. The second kappa shape index (κ2) is 2.28. The Bertz CT molecular complexity index is 303. The van der Waals surface area contributed by atoms with Crippen LogP contribution in [0.1, 0.15) is 39.0 Å². The minimum absolute atomic E-state index is 0.676. The van der Waals surface area contributed by atoms with Gasteiger partial charge in [-0.15, -0.1) is 0 Å². The second-order valence-electron chi connectivity index (χ2n) is 6.25. The maximum atomic E-state index is 2.61. The Labute approximate surface area is 86.8 Å². The van der Waals surface area contributed by atoms with Gasteiger partial charge in [-0.3, -0.25) is 0 Å². The predicted molar refractivity (Wildman–Crippen MR) is 57.8 cm³/mol. The largest absolute Gasteiger partial charge is 0.0845 e. The lowest BCUT2D eigenvalue weighted by molar-refractivity contribution is 0.141. The highest BCUT2D eigenvalue weighted by Crippen LogP contribution is 2.70. The molecule has 4 rings (SSSR count). The smallest absolute Gasteiger partial charge is 0.00812 e. The minimum Gasteiger partial charge on any atom is -0.0845 e. The monoisotopic (exact) mass is 188 g/mol. The lowest BCUT2D eigenvalue weighted by atomic mass is 9.66. The molecule has 6 unspecified atom stereocenters. The van der Waals surface area contributed by atoms with E-state index in [9.17, 15) is 0 Å². The van der Waals surface area contributed by atoms with E-state index in [2.05, 4.69) is 19.1 Å². The molecule has 4 aliphatic rings. The fourth-order valence-electron chi connectivity index (χ4n) is 5.70. The average molecular weight is 188 g/mol. The van der Waals surface area contributed by atoms with Gasteiger partial charge in [0.25, 0.3) is 0 Å². The van der Waals surface area contributed by atoms with E-state index in [1.54, 1.807) is 19.3 Å². The molecule has 0 spiro atoms. The molecule has 0 aromatic carbocycles. The first kappa shape index (κ1) is 7.96. The predicted octanol–water partition coefficient (Wildman–Crippen LogP) is 3.63. The van der Waals surface area contributed by atoms with Crippen LogP contribution in [0.3, 0.4) is 0 Å². The summed E-state index contributed by atoms with van der Waals surface area (Å²) in [5.41, 5.74) is 0.676. The van der Waals surface area contributed by atoms with Crippen LogP contribution in [0, 0.1) is 35.0 Å². The standard InChI is InChI=1S/C14H20/c1-2-14-6-5-11(8-14)12-9-3-4-10(7-9)13(12)14/h5-6,9-13H,2-4,7-8H2,1H3. The van der Waals surface area contributed by atoms with Gasteiger partial charge in [0.05, 0.1) is 0 Å². The lowest BCUT2D eigenvalue weighted by Gasteiger charge is -2.38. The van der Waals surface area contributed by atoms with Crippen LogP contribution in [-0.4, -0.2) is 0 Å². The van der Waals surface area contributed by atoms with Crippen molar-refractivity contribution < 1.29 is 0 Å². The van der Waals surface area contributed by atoms with Gasteiger partial charge in [-0.25, -0.2) is 0 Å². The van der Waals surface area contributed by atoms with Gasteiger partial charge in [-0.2, -0.15) is 0 Å². The first-order chi connectivity index (χ1) is 6.84. The van der Waals surface area contributed by atoms with E-state index in [4.69, 9.17) is 0 Å². The van der Waals surface area contributed by atoms with Crippen molar-refractivity contribution >= 4 is 0 Å². The molecule has 0 heteroatoms. The van der Waals surface area contributed by atoms with Crippen molar-refractivity contribution in [3.8, 4) is 0 Å². The van der Waals surface area contributed by atoms with Crippen molar-refractivity contribution in [2.45, 2.75) is 39.0 Å². The average Bonchev–Trinajstić information content (AvgIpc) is 2.96. The molecule has 3 fully saturated rings. The zero-order chi connectivity index (χ0) is 9.34. The summed E-state index contributed by atoms with van der Waals surface area (Å²) >= 11 is 0. The van der Waals surface area contributed by atoms with Crippen molar-refractivity contribution in [3.63, 3.8) is 0 Å². The SMILES string of the molecule is CCC12C=CC(C1)C1C3CCC(C3)C12. The Morgan fingerprint density at radius 1 is 1.29 bits per heavy atom. The van der Waals surface area contributed by atoms with Crippen LogP contribution in [0.4, 0.5) is 0 Å². The van der Waals surface area contributed by atoms with E-state index in [-0.39, 0.29) is 0 Å². The van der Waals surface area contributed by atoms with Gasteiger partial charge in [0, 0.05) is 0 Å². The summed E-state index contributed by atoms with van der Waals surface area (Å²) in [7, 11) is 0. The molecule has 4 aliphatic carbocycles. The van der Waals surface area contributed by atoms with E-state index >= 15 is 0 Å². The summed E-state index contributed by atoms with van der Waals surface area (Å²) < 4.78 is 0. The normalized spacial score (nSPS) is 62.5. The number of rotatable bonds is 1. The molecular weight excluding hydrogens is 168 g/mol. The van der Waals surface area contributed by atoms with Gasteiger partial charge in [0.1, 0.15) is 0 Å². The molecule has 0 radical (unpaired) electrons. The minimum atomic E-state index is 0.676. The molecule has 0 aromatic heterocycles. The fourth-order valence-corrected chi connectivity index (χ4v) is 5.70. The van der Waals surface area contributed by atoms with Crippen molar-refractivity contribution in [1.29, 1.82) is 0 Å². The Morgan fingerprint density at radius 2 is 2.14 bits per heavy atom. The van der Waals surface area contributed by atoms with Gasteiger partial charge in [-0.1, -0.05) is 19.1 Å². The molecule has 14 heavy (non-hydrogen) atoms. The molecule has 3 saturated carbocycles. The highest BCUT2D eigenvalue weighted by molar-refractivity contribution is 5.25. The summed E-state index contributed by atoms with van der Waals surface area (Å²) in [5.74, 6) is 5.49. The molecule has 0 aromatic rings. The van der Waals surface area contributed by atoms with Crippen molar-refractivity contribution in [2.75, 3.05) is 0 Å². The van der Waals surface area contributed by atoms with Crippen LogP contribution < -0.4 is 0 Å². The van der Waals surface area contributed by atoms with Crippen LogP contribution in [0.2, 0.25) is 0 Å². The maximum Gasteiger partial charge on any atom is -0.00812 e. The molecule has 0 aliphatic heterocycles. The van der Waals surface area contributed by atoms with Gasteiger partial charge in [0.2, 0.25) is 0 Å².